The van der Waals surface area contributed by atoms with Crippen molar-refractivity contribution in [2.24, 2.45) is 7.05 Å². The fourth-order valence-corrected chi connectivity index (χ4v) is 3.46. The lowest BCUT2D eigenvalue weighted by Crippen LogP contribution is -2.27. The van der Waals surface area contributed by atoms with Crippen molar-refractivity contribution < 1.29 is 9.13 Å². The third-order valence-corrected chi connectivity index (χ3v) is 4.65. The van der Waals surface area contributed by atoms with Crippen molar-refractivity contribution in [3.8, 4) is 0 Å². The van der Waals surface area contributed by atoms with Crippen LogP contribution in [0.4, 0.5) is 4.39 Å². The highest BCUT2D eigenvalue weighted by Gasteiger charge is 2.23. The van der Waals surface area contributed by atoms with Crippen LogP contribution in [-0.2, 0) is 11.8 Å². The van der Waals surface area contributed by atoms with E-state index in [-0.39, 0.29) is 16.9 Å². The molecule has 0 radical (unpaired) electrons. The van der Waals surface area contributed by atoms with Crippen LogP contribution in [0.1, 0.15) is 30.1 Å². The Bertz CT molecular complexity index is 767. The van der Waals surface area contributed by atoms with Gasteiger partial charge in [-0.25, -0.2) is 9.37 Å². The van der Waals surface area contributed by atoms with E-state index < -0.39 is 5.82 Å². The summed E-state index contributed by atoms with van der Waals surface area (Å²) < 4.78 is 21.8. The Morgan fingerprint density at radius 3 is 2.76 bits per heavy atom. The molecule has 0 saturated carbocycles. The average Bonchev–Trinajstić information content (AvgIpc) is 2.48. The first-order valence-electron chi connectivity index (χ1n) is 6.93. The summed E-state index contributed by atoms with van der Waals surface area (Å²) in [5.41, 5.74) is 0.512. The van der Waals surface area contributed by atoms with E-state index in [4.69, 9.17) is 4.74 Å². The first-order valence-corrected chi connectivity index (χ1v) is 7.73. The Kier molecular flexibility index (Phi) is 3.84. The molecule has 0 N–H and O–H groups in total. The number of ether oxygens (including phenoxy) is 1. The molecule has 2 aromatic rings. The minimum atomic E-state index is -0.486. The van der Waals surface area contributed by atoms with Gasteiger partial charge in [0, 0.05) is 30.7 Å². The van der Waals surface area contributed by atoms with Crippen molar-refractivity contribution in [3.63, 3.8) is 0 Å². The van der Waals surface area contributed by atoms with Gasteiger partial charge in [-0.15, -0.1) is 0 Å². The summed E-state index contributed by atoms with van der Waals surface area (Å²) in [5.74, 6) is 0.400. The first kappa shape index (κ1) is 14.7. The molecule has 0 spiro atoms. The van der Waals surface area contributed by atoms with Gasteiger partial charge in [0.25, 0.3) is 5.56 Å². The molecule has 1 fully saturated rings. The lowest BCUT2D eigenvalue weighted by molar-refractivity contribution is 0.0828. The second-order valence-electron chi connectivity index (χ2n) is 5.43. The summed E-state index contributed by atoms with van der Waals surface area (Å²) >= 11 is 3.40. The molecule has 4 nitrogen and oxygen atoms in total. The van der Waals surface area contributed by atoms with E-state index in [1.165, 1.54) is 4.57 Å². The summed E-state index contributed by atoms with van der Waals surface area (Å²) in [4.78, 5) is 17.1. The Morgan fingerprint density at radius 1 is 1.43 bits per heavy atom. The Hall–Kier alpha value is -1.27. The van der Waals surface area contributed by atoms with Gasteiger partial charge in [0.1, 0.15) is 17.0 Å². The monoisotopic (exact) mass is 354 g/mol. The van der Waals surface area contributed by atoms with Crippen LogP contribution in [0, 0.1) is 12.7 Å². The predicted molar refractivity (Wildman–Crippen MR) is 82.2 cm³/mol. The minimum absolute atomic E-state index is 0.0557. The summed E-state index contributed by atoms with van der Waals surface area (Å²) in [7, 11) is 1.66. The number of hydrogen-bond donors (Lipinski definition) is 0. The number of rotatable bonds is 1. The number of benzene rings is 1. The van der Waals surface area contributed by atoms with Gasteiger partial charge in [-0.3, -0.25) is 9.36 Å². The lowest BCUT2D eigenvalue weighted by Gasteiger charge is -2.23. The molecule has 0 amide bonds. The number of aromatic nitrogens is 2. The van der Waals surface area contributed by atoms with E-state index in [1.54, 1.807) is 20.0 Å². The molecule has 1 aliphatic heterocycles. The molecule has 6 heteroatoms. The fourth-order valence-electron chi connectivity index (χ4n) is 2.83. The molecule has 3 rings (SSSR count). The van der Waals surface area contributed by atoms with Crippen LogP contribution in [-0.4, -0.2) is 22.8 Å². The second kappa shape index (κ2) is 5.50. The third-order valence-electron chi connectivity index (χ3n) is 4.05. The Morgan fingerprint density at radius 2 is 2.10 bits per heavy atom. The van der Waals surface area contributed by atoms with E-state index in [0.29, 0.717) is 34.6 Å². The van der Waals surface area contributed by atoms with Crippen LogP contribution >= 0.6 is 15.9 Å². The first-order chi connectivity index (χ1) is 10.0. The van der Waals surface area contributed by atoms with Crippen LogP contribution in [0.2, 0.25) is 0 Å². The highest BCUT2D eigenvalue weighted by atomic mass is 79.9. The summed E-state index contributed by atoms with van der Waals surface area (Å²) in [6.07, 6.45) is 1.66. The molecule has 1 aromatic carbocycles. The van der Waals surface area contributed by atoms with E-state index in [9.17, 15) is 9.18 Å². The molecule has 1 aromatic heterocycles. The molecule has 0 aliphatic carbocycles. The lowest BCUT2D eigenvalue weighted by atomic mass is 9.98. The van der Waals surface area contributed by atoms with E-state index in [1.807, 2.05) is 0 Å². The average molecular weight is 355 g/mol. The molecule has 1 saturated heterocycles. The fraction of sp³-hybridized carbons (Fsp3) is 0.467. The van der Waals surface area contributed by atoms with Crippen molar-refractivity contribution >= 4 is 26.8 Å². The number of nitrogens with zero attached hydrogens (tertiary/aromatic N) is 2. The Balaban J connectivity index is 2.30. The van der Waals surface area contributed by atoms with Crippen LogP contribution in [0.25, 0.3) is 10.9 Å². The second-order valence-corrected chi connectivity index (χ2v) is 6.29. The maximum Gasteiger partial charge on any atom is 0.264 e. The van der Waals surface area contributed by atoms with Crippen LogP contribution in [0.3, 0.4) is 0 Å². The van der Waals surface area contributed by atoms with Gasteiger partial charge in [0.05, 0.1) is 5.52 Å². The van der Waals surface area contributed by atoms with Gasteiger partial charge < -0.3 is 4.74 Å². The van der Waals surface area contributed by atoms with Crippen LogP contribution < -0.4 is 5.56 Å². The zero-order chi connectivity index (χ0) is 15.1. The normalized spacial score (nSPS) is 16.6. The van der Waals surface area contributed by atoms with Gasteiger partial charge in [-0.1, -0.05) is 0 Å². The summed E-state index contributed by atoms with van der Waals surface area (Å²) in [6.45, 7) is 2.98. The third kappa shape index (κ3) is 2.40. The highest BCUT2D eigenvalue weighted by Crippen LogP contribution is 2.29. The van der Waals surface area contributed by atoms with Gasteiger partial charge in [-0.2, -0.15) is 0 Å². The molecular formula is C15H16BrFN2O2. The van der Waals surface area contributed by atoms with Crippen molar-refractivity contribution in [3.05, 3.63) is 38.1 Å². The van der Waals surface area contributed by atoms with E-state index in [0.717, 1.165) is 12.8 Å². The van der Waals surface area contributed by atoms with Crippen molar-refractivity contribution in [2.45, 2.75) is 25.7 Å². The predicted octanol–water partition coefficient (Wildman–Crippen LogP) is 3.04. The summed E-state index contributed by atoms with van der Waals surface area (Å²) in [6, 6.07) is 1.66. The standard InChI is InChI=1S/C15H16BrFN2O2/c1-8-7-10(16)13-11(12(8)17)15(20)19(2)14(18-13)9-3-5-21-6-4-9/h7,9H,3-6H2,1-2H3. The number of halogens is 2. The van der Waals surface area contributed by atoms with Crippen molar-refractivity contribution in [2.75, 3.05) is 13.2 Å². The molecule has 0 bridgehead atoms. The minimum Gasteiger partial charge on any atom is -0.381 e. The summed E-state index contributed by atoms with van der Waals surface area (Å²) in [5, 5.41) is 0.0557. The molecule has 0 unspecified atom stereocenters. The molecule has 21 heavy (non-hydrogen) atoms. The van der Waals surface area contributed by atoms with E-state index in [2.05, 4.69) is 20.9 Å². The van der Waals surface area contributed by atoms with Crippen molar-refractivity contribution in [1.82, 2.24) is 9.55 Å². The highest BCUT2D eigenvalue weighted by molar-refractivity contribution is 9.10. The van der Waals surface area contributed by atoms with E-state index >= 15 is 0 Å². The quantitative estimate of drug-likeness (QED) is 0.790. The largest absolute Gasteiger partial charge is 0.381 e. The zero-order valence-electron chi connectivity index (χ0n) is 11.9. The maximum atomic E-state index is 14.3. The molecule has 112 valence electrons. The van der Waals surface area contributed by atoms with Gasteiger partial charge in [-0.05, 0) is 47.3 Å². The number of fused-ring (bicyclic) bond motifs is 1. The Labute approximate surface area is 130 Å². The smallest absolute Gasteiger partial charge is 0.264 e. The number of aryl methyl sites for hydroxylation is 1. The zero-order valence-corrected chi connectivity index (χ0v) is 13.5. The van der Waals surface area contributed by atoms with Gasteiger partial charge in [0.15, 0.2) is 0 Å². The molecule has 0 atom stereocenters. The van der Waals surface area contributed by atoms with Crippen molar-refractivity contribution in [1.29, 1.82) is 0 Å². The van der Waals surface area contributed by atoms with Crippen LogP contribution in [0.5, 0.6) is 0 Å². The van der Waals surface area contributed by atoms with Gasteiger partial charge >= 0.3 is 0 Å². The van der Waals surface area contributed by atoms with Gasteiger partial charge in [0.2, 0.25) is 0 Å². The molecule has 2 heterocycles. The topological polar surface area (TPSA) is 44.1 Å². The maximum absolute atomic E-state index is 14.3. The number of hydrogen-bond acceptors (Lipinski definition) is 3. The molecule has 1 aliphatic rings. The SMILES string of the molecule is Cc1cc(Br)c2nc(C3CCOCC3)n(C)c(=O)c2c1F. The molecular weight excluding hydrogens is 339 g/mol. The van der Waals surface area contributed by atoms with Crippen LogP contribution in [0.15, 0.2) is 15.3 Å².